The Kier molecular flexibility index (Phi) is 1.99. The van der Waals surface area contributed by atoms with Crippen LogP contribution in [0.3, 0.4) is 0 Å². The van der Waals surface area contributed by atoms with Gasteiger partial charge in [0, 0.05) is 8.96 Å². The SMILES string of the molecule is O=C(O)c1cc2occc2cc1I. The van der Waals surface area contributed by atoms with Gasteiger partial charge in [0.2, 0.25) is 0 Å². The highest BCUT2D eigenvalue weighted by atomic mass is 127. The first-order valence-corrected chi connectivity index (χ1v) is 4.66. The smallest absolute Gasteiger partial charge is 0.336 e. The number of carbonyl (C=O) groups is 1. The lowest BCUT2D eigenvalue weighted by Crippen LogP contribution is -1.98. The second kappa shape index (κ2) is 3.02. The fourth-order valence-electron chi connectivity index (χ4n) is 1.15. The average Bonchev–Trinajstić information content (AvgIpc) is 2.48. The largest absolute Gasteiger partial charge is 0.478 e. The van der Waals surface area contributed by atoms with E-state index >= 15 is 0 Å². The third-order valence-electron chi connectivity index (χ3n) is 1.77. The molecule has 1 aromatic heterocycles. The Bertz CT molecular complexity index is 473. The van der Waals surface area contributed by atoms with Crippen molar-refractivity contribution in [2.45, 2.75) is 0 Å². The molecule has 1 heterocycles. The summed E-state index contributed by atoms with van der Waals surface area (Å²) in [4.78, 5) is 10.7. The zero-order valence-electron chi connectivity index (χ0n) is 6.45. The van der Waals surface area contributed by atoms with Crippen LogP contribution in [0.1, 0.15) is 10.4 Å². The van der Waals surface area contributed by atoms with Crippen LogP contribution in [0.25, 0.3) is 11.0 Å². The molecular weight excluding hydrogens is 283 g/mol. The molecule has 0 radical (unpaired) electrons. The Labute approximate surface area is 87.5 Å². The summed E-state index contributed by atoms with van der Waals surface area (Å²) in [6.45, 7) is 0. The quantitative estimate of drug-likeness (QED) is 0.821. The fraction of sp³-hybridized carbons (Fsp3) is 0. The van der Waals surface area contributed by atoms with Crippen LogP contribution in [0.2, 0.25) is 0 Å². The van der Waals surface area contributed by atoms with Crippen LogP contribution in [-0.4, -0.2) is 11.1 Å². The van der Waals surface area contributed by atoms with Gasteiger partial charge in [0.25, 0.3) is 0 Å². The molecule has 2 rings (SSSR count). The number of benzene rings is 1. The molecule has 1 N–H and O–H groups in total. The Morgan fingerprint density at radius 3 is 2.92 bits per heavy atom. The van der Waals surface area contributed by atoms with Gasteiger partial charge in [-0.05, 0) is 40.8 Å². The van der Waals surface area contributed by atoms with E-state index in [1.807, 2.05) is 28.7 Å². The summed E-state index contributed by atoms with van der Waals surface area (Å²) in [6, 6.07) is 5.14. The molecule has 66 valence electrons. The van der Waals surface area contributed by atoms with Gasteiger partial charge in [-0.15, -0.1) is 0 Å². The van der Waals surface area contributed by atoms with Crippen LogP contribution in [0, 0.1) is 3.57 Å². The third kappa shape index (κ3) is 1.41. The standard InChI is InChI=1S/C9H5IO3/c10-7-3-5-1-2-13-8(5)4-6(7)9(11)12/h1-4H,(H,11,12). The van der Waals surface area contributed by atoms with E-state index in [-0.39, 0.29) is 5.56 Å². The van der Waals surface area contributed by atoms with Crippen molar-refractivity contribution in [1.29, 1.82) is 0 Å². The molecule has 0 unspecified atom stereocenters. The lowest BCUT2D eigenvalue weighted by Gasteiger charge is -1.97. The number of fused-ring (bicyclic) bond motifs is 1. The van der Waals surface area contributed by atoms with Gasteiger partial charge < -0.3 is 9.52 Å². The Balaban J connectivity index is 2.76. The van der Waals surface area contributed by atoms with E-state index in [4.69, 9.17) is 9.52 Å². The van der Waals surface area contributed by atoms with E-state index in [9.17, 15) is 4.79 Å². The first kappa shape index (κ1) is 8.55. The topological polar surface area (TPSA) is 50.4 Å². The van der Waals surface area contributed by atoms with Gasteiger partial charge in [0.05, 0.1) is 11.8 Å². The number of furan rings is 1. The summed E-state index contributed by atoms with van der Waals surface area (Å²) >= 11 is 2.00. The number of aromatic carboxylic acids is 1. The zero-order valence-corrected chi connectivity index (χ0v) is 8.61. The predicted molar refractivity (Wildman–Crippen MR) is 55.9 cm³/mol. The lowest BCUT2D eigenvalue weighted by molar-refractivity contribution is 0.0696. The van der Waals surface area contributed by atoms with Gasteiger partial charge in [-0.25, -0.2) is 4.79 Å². The highest BCUT2D eigenvalue weighted by molar-refractivity contribution is 14.1. The van der Waals surface area contributed by atoms with Crippen LogP contribution >= 0.6 is 22.6 Å². The number of carboxylic acid groups (broad SMARTS) is 1. The molecule has 0 aliphatic carbocycles. The molecule has 1 aromatic carbocycles. The van der Waals surface area contributed by atoms with Crippen molar-refractivity contribution in [2.75, 3.05) is 0 Å². The summed E-state index contributed by atoms with van der Waals surface area (Å²) < 4.78 is 5.82. The van der Waals surface area contributed by atoms with Crippen molar-refractivity contribution in [1.82, 2.24) is 0 Å². The van der Waals surface area contributed by atoms with E-state index in [2.05, 4.69) is 0 Å². The Hall–Kier alpha value is -1.04. The van der Waals surface area contributed by atoms with E-state index in [1.165, 1.54) is 0 Å². The van der Waals surface area contributed by atoms with Gasteiger partial charge in [-0.3, -0.25) is 0 Å². The first-order chi connectivity index (χ1) is 6.18. The van der Waals surface area contributed by atoms with Crippen molar-refractivity contribution >= 4 is 39.5 Å². The fourth-order valence-corrected chi connectivity index (χ4v) is 1.87. The van der Waals surface area contributed by atoms with Crippen molar-refractivity contribution < 1.29 is 14.3 Å². The molecule has 0 fully saturated rings. The van der Waals surface area contributed by atoms with E-state index < -0.39 is 5.97 Å². The van der Waals surface area contributed by atoms with Crippen LogP contribution in [0.4, 0.5) is 0 Å². The molecule has 3 nitrogen and oxygen atoms in total. The van der Waals surface area contributed by atoms with Gasteiger partial charge in [-0.2, -0.15) is 0 Å². The molecule has 0 amide bonds. The van der Waals surface area contributed by atoms with Gasteiger partial charge in [-0.1, -0.05) is 0 Å². The van der Waals surface area contributed by atoms with Crippen molar-refractivity contribution in [3.8, 4) is 0 Å². The van der Waals surface area contributed by atoms with Crippen LogP contribution in [-0.2, 0) is 0 Å². The molecule has 0 atom stereocenters. The highest BCUT2D eigenvalue weighted by Gasteiger charge is 2.10. The summed E-state index contributed by atoms with van der Waals surface area (Å²) in [5.74, 6) is -0.928. The third-order valence-corrected chi connectivity index (χ3v) is 2.66. The average molecular weight is 288 g/mol. The van der Waals surface area contributed by atoms with Crippen molar-refractivity contribution in [2.24, 2.45) is 0 Å². The minimum Gasteiger partial charge on any atom is -0.478 e. The van der Waals surface area contributed by atoms with Gasteiger partial charge in [0.15, 0.2) is 0 Å². The van der Waals surface area contributed by atoms with E-state index in [0.717, 1.165) is 8.96 Å². The zero-order chi connectivity index (χ0) is 9.42. The number of carboxylic acids is 1. The van der Waals surface area contributed by atoms with E-state index in [0.29, 0.717) is 5.58 Å². The van der Waals surface area contributed by atoms with E-state index in [1.54, 1.807) is 18.4 Å². The summed E-state index contributed by atoms with van der Waals surface area (Å²) in [7, 11) is 0. The molecule has 0 aliphatic heterocycles. The van der Waals surface area contributed by atoms with Gasteiger partial charge in [0.1, 0.15) is 5.58 Å². The summed E-state index contributed by atoms with van der Waals surface area (Å²) in [6.07, 6.45) is 1.55. The minimum atomic E-state index is -0.928. The number of hydrogen-bond donors (Lipinski definition) is 1. The molecule has 0 saturated carbocycles. The molecule has 13 heavy (non-hydrogen) atoms. The second-order valence-electron chi connectivity index (χ2n) is 2.60. The van der Waals surface area contributed by atoms with Crippen LogP contribution < -0.4 is 0 Å². The number of hydrogen-bond acceptors (Lipinski definition) is 2. The Morgan fingerprint density at radius 2 is 2.23 bits per heavy atom. The molecular formula is C9H5IO3. The number of halogens is 1. The normalized spacial score (nSPS) is 10.5. The maximum absolute atomic E-state index is 10.7. The minimum absolute atomic E-state index is 0.281. The molecule has 0 bridgehead atoms. The van der Waals surface area contributed by atoms with Gasteiger partial charge >= 0.3 is 5.97 Å². The second-order valence-corrected chi connectivity index (χ2v) is 3.76. The monoisotopic (exact) mass is 288 g/mol. The maximum atomic E-state index is 10.7. The predicted octanol–water partition coefficient (Wildman–Crippen LogP) is 2.74. The highest BCUT2D eigenvalue weighted by Crippen LogP contribution is 2.22. The molecule has 0 spiro atoms. The Morgan fingerprint density at radius 1 is 1.46 bits per heavy atom. The molecule has 2 aromatic rings. The maximum Gasteiger partial charge on any atom is 0.336 e. The first-order valence-electron chi connectivity index (χ1n) is 3.58. The lowest BCUT2D eigenvalue weighted by atomic mass is 10.2. The summed E-state index contributed by atoms with van der Waals surface area (Å²) in [5, 5.41) is 9.74. The summed E-state index contributed by atoms with van der Waals surface area (Å²) in [5.41, 5.74) is 0.890. The van der Waals surface area contributed by atoms with Crippen LogP contribution in [0.5, 0.6) is 0 Å². The molecule has 0 aliphatic rings. The van der Waals surface area contributed by atoms with Crippen LogP contribution in [0.15, 0.2) is 28.9 Å². The van der Waals surface area contributed by atoms with Crippen molar-refractivity contribution in [3.63, 3.8) is 0 Å². The molecule has 0 saturated heterocycles. The number of rotatable bonds is 1. The van der Waals surface area contributed by atoms with Crippen molar-refractivity contribution in [3.05, 3.63) is 33.6 Å². The molecule has 4 heteroatoms.